The zero-order valence-electron chi connectivity index (χ0n) is 13.0. The lowest BCUT2D eigenvalue weighted by Crippen LogP contribution is -2.34. The van der Waals surface area contributed by atoms with Gasteiger partial charge in [0.2, 0.25) is 5.91 Å². The Morgan fingerprint density at radius 3 is 2.95 bits per heavy atom. The van der Waals surface area contributed by atoms with Gasteiger partial charge in [-0.3, -0.25) is 4.79 Å². The van der Waals surface area contributed by atoms with E-state index in [1.54, 1.807) is 0 Å². The van der Waals surface area contributed by atoms with Crippen LogP contribution in [0.25, 0.3) is 0 Å². The second kappa shape index (κ2) is 8.63. The third-order valence-corrected chi connectivity index (χ3v) is 3.85. The van der Waals surface area contributed by atoms with Crippen LogP contribution in [-0.2, 0) is 11.3 Å². The van der Waals surface area contributed by atoms with Gasteiger partial charge in [-0.25, -0.2) is 0 Å². The molecule has 1 amide bonds. The molecule has 0 bridgehead atoms. The van der Waals surface area contributed by atoms with Gasteiger partial charge in [-0.05, 0) is 44.6 Å². The van der Waals surface area contributed by atoms with Crippen LogP contribution in [-0.4, -0.2) is 19.0 Å². The summed E-state index contributed by atoms with van der Waals surface area (Å²) in [5.41, 5.74) is 3.98. The SMILES string of the molecule is Cc1cccc(CNCC(=O)NCCC2=CCCCC2)c1. The summed E-state index contributed by atoms with van der Waals surface area (Å²) in [5.74, 6) is 0.0825. The van der Waals surface area contributed by atoms with Gasteiger partial charge in [0.15, 0.2) is 0 Å². The lowest BCUT2D eigenvalue weighted by atomic mass is 9.97. The average molecular weight is 286 g/mol. The molecule has 1 aliphatic carbocycles. The van der Waals surface area contributed by atoms with E-state index in [0.29, 0.717) is 6.54 Å². The molecule has 3 nitrogen and oxygen atoms in total. The van der Waals surface area contributed by atoms with E-state index < -0.39 is 0 Å². The molecule has 0 atom stereocenters. The van der Waals surface area contributed by atoms with Gasteiger partial charge in [-0.15, -0.1) is 0 Å². The minimum atomic E-state index is 0.0825. The van der Waals surface area contributed by atoms with Crippen molar-refractivity contribution in [3.8, 4) is 0 Å². The minimum absolute atomic E-state index is 0.0825. The van der Waals surface area contributed by atoms with Crippen molar-refractivity contribution in [3.63, 3.8) is 0 Å². The molecule has 2 N–H and O–H groups in total. The highest BCUT2D eigenvalue weighted by Crippen LogP contribution is 2.19. The summed E-state index contributed by atoms with van der Waals surface area (Å²) in [7, 11) is 0. The highest BCUT2D eigenvalue weighted by Gasteiger charge is 2.05. The van der Waals surface area contributed by atoms with Gasteiger partial charge in [-0.1, -0.05) is 41.5 Å². The summed E-state index contributed by atoms with van der Waals surface area (Å²) >= 11 is 0. The number of hydrogen-bond donors (Lipinski definition) is 2. The van der Waals surface area contributed by atoms with Gasteiger partial charge in [0, 0.05) is 13.1 Å². The molecule has 21 heavy (non-hydrogen) atoms. The normalized spacial score (nSPS) is 14.6. The summed E-state index contributed by atoms with van der Waals surface area (Å²) in [6.45, 7) is 3.96. The maximum absolute atomic E-state index is 11.7. The average Bonchev–Trinajstić information content (AvgIpc) is 2.48. The van der Waals surface area contributed by atoms with Gasteiger partial charge in [0.05, 0.1) is 6.54 Å². The predicted octanol–water partition coefficient (Wildman–Crippen LogP) is 3.09. The number of aryl methyl sites for hydroxylation is 1. The molecule has 1 aliphatic rings. The molecular weight excluding hydrogens is 260 g/mol. The van der Waals surface area contributed by atoms with Gasteiger partial charge in [-0.2, -0.15) is 0 Å². The molecule has 1 aromatic rings. The lowest BCUT2D eigenvalue weighted by Gasteiger charge is -2.13. The maximum Gasteiger partial charge on any atom is 0.233 e. The second-order valence-electron chi connectivity index (χ2n) is 5.80. The van der Waals surface area contributed by atoms with Crippen molar-refractivity contribution in [1.82, 2.24) is 10.6 Å². The van der Waals surface area contributed by atoms with E-state index >= 15 is 0 Å². The molecule has 1 aromatic carbocycles. The molecule has 2 rings (SSSR count). The molecule has 0 radical (unpaired) electrons. The smallest absolute Gasteiger partial charge is 0.233 e. The molecule has 0 unspecified atom stereocenters. The molecule has 0 heterocycles. The zero-order chi connectivity index (χ0) is 14.9. The number of allylic oxidation sites excluding steroid dienone is 1. The Morgan fingerprint density at radius 2 is 2.19 bits per heavy atom. The number of rotatable bonds is 7. The number of carbonyl (C=O) groups excluding carboxylic acids is 1. The molecule has 0 aliphatic heterocycles. The topological polar surface area (TPSA) is 41.1 Å². The van der Waals surface area contributed by atoms with Crippen LogP contribution in [0, 0.1) is 6.92 Å². The predicted molar refractivity (Wildman–Crippen MR) is 87.1 cm³/mol. The van der Waals surface area contributed by atoms with E-state index in [-0.39, 0.29) is 5.91 Å². The van der Waals surface area contributed by atoms with Crippen molar-refractivity contribution in [2.45, 2.75) is 45.6 Å². The van der Waals surface area contributed by atoms with Crippen LogP contribution in [0.4, 0.5) is 0 Å². The molecule has 0 spiro atoms. The van der Waals surface area contributed by atoms with Crippen LogP contribution in [0.5, 0.6) is 0 Å². The first-order chi connectivity index (χ1) is 10.2. The highest BCUT2D eigenvalue weighted by atomic mass is 16.1. The van der Waals surface area contributed by atoms with Crippen molar-refractivity contribution in [1.29, 1.82) is 0 Å². The van der Waals surface area contributed by atoms with E-state index in [1.165, 1.54) is 42.4 Å². The van der Waals surface area contributed by atoms with Crippen molar-refractivity contribution in [2.75, 3.05) is 13.1 Å². The fourth-order valence-corrected chi connectivity index (χ4v) is 2.70. The third-order valence-electron chi connectivity index (χ3n) is 3.85. The van der Waals surface area contributed by atoms with Crippen molar-refractivity contribution in [3.05, 3.63) is 47.0 Å². The van der Waals surface area contributed by atoms with Gasteiger partial charge in [0.25, 0.3) is 0 Å². The van der Waals surface area contributed by atoms with Crippen LogP contribution in [0.1, 0.15) is 43.2 Å². The quantitative estimate of drug-likeness (QED) is 0.756. The summed E-state index contributed by atoms with van der Waals surface area (Å²) in [6, 6.07) is 8.34. The monoisotopic (exact) mass is 286 g/mol. The Bertz CT molecular complexity index is 494. The van der Waals surface area contributed by atoms with Gasteiger partial charge < -0.3 is 10.6 Å². The molecule has 114 valence electrons. The Labute approximate surface area is 127 Å². The molecule has 0 saturated carbocycles. The first kappa shape index (κ1) is 15.8. The van der Waals surface area contributed by atoms with Gasteiger partial charge >= 0.3 is 0 Å². The van der Waals surface area contributed by atoms with Crippen molar-refractivity contribution < 1.29 is 4.79 Å². The largest absolute Gasteiger partial charge is 0.355 e. The second-order valence-corrected chi connectivity index (χ2v) is 5.80. The Hall–Kier alpha value is -1.61. The van der Waals surface area contributed by atoms with E-state index in [2.05, 4.69) is 41.8 Å². The Kier molecular flexibility index (Phi) is 6.48. The van der Waals surface area contributed by atoms with Gasteiger partial charge in [0.1, 0.15) is 0 Å². The Morgan fingerprint density at radius 1 is 1.29 bits per heavy atom. The van der Waals surface area contributed by atoms with Crippen LogP contribution in [0.15, 0.2) is 35.9 Å². The fraction of sp³-hybridized carbons (Fsp3) is 0.500. The summed E-state index contributed by atoms with van der Waals surface area (Å²) in [6.07, 6.45) is 8.38. The summed E-state index contributed by atoms with van der Waals surface area (Å²) in [5, 5.41) is 6.18. The molecular formula is C18H26N2O. The van der Waals surface area contributed by atoms with Crippen molar-refractivity contribution >= 4 is 5.91 Å². The number of carbonyl (C=O) groups is 1. The summed E-state index contributed by atoms with van der Waals surface area (Å²) in [4.78, 5) is 11.7. The zero-order valence-corrected chi connectivity index (χ0v) is 13.0. The molecule has 0 aromatic heterocycles. The number of benzene rings is 1. The first-order valence-corrected chi connectivity index (χ1v) is 7.95. The molecule has 0 saturated heterocycles. The third kappa shape index (κ3) is 6.13. The standard InChI is InChI=1S/C18H26N2O/c1-15-6-5-9-17(12-15)13-19-14-18(21)20-11-10-16-7-3-2-4-8-16/h5-7,9,12,19H,2-4,8,10-11,13-14H2,1H3,(H,20,21). The molecule has 3 heteroatoms. The Balaban J connectivity index is 1.58. The lowest BCUT2D eigenvalue weighted by molar-refractivity contribution is -0.120. The number of hydrogen-bond acceptors (Lipinski definition) is 2. The van der Waals surface area contributed by atoms with E-state index in [4.69, 9.17) is 0 Å². The first-order valence-electron chi connectivity index (χ1n) is 7.95. The number of amides is 1. The number of nitrogens with one attached hydrogen (secondary N) is 2. The van der Waals surface area contributed by atoms with Crippen LogP contribution < -0.4 is 10.6 Å². The minimum Gasteiger partial charge on any atom is -0.355 e. The van der Waals surface area contributed by atoms with E-state index in [9.17, 15) is 4.79 Å². The van der Waals surface area contributed by atoms with E-state index in [1.807, 2.05) is 6.07 Å². The fourth-order valence-electron chi connectivity index (χ4n) is 2.70. The maximum atomic E-state index is 11.7. The summed E-state index contributed by atoms with van der Waals surface area (Å²) < 4.78 is 0. The van der Waals surface area contributed by atoms with Crippen molar-refractivity contribution in [2.24, 2.45) is 0 Å². The molecule has 0 fully saturated rings. The van der Waals surface area contributed by atoms with Crippen LogP contribution in [0.3, 0.4) is 0 Å². The highest BCUT2D eigenvalue weighted by molar-refractivity contribution is 5.77. The van der Waals surface area contributed by atoms with Crippen LogP contribution >= 0.6 is 0 Å². The van der Waals surface area contributed by atoms with E-state index in [0.717, 1.165) is 19.5 Å². The van der Waals surface area contributed by atoms with Crippen LogP contribution in [0.2, 0.25) is 0 Å².